The molecule has 0 N–H and O–H groups in total. The number of ether oxygens (including phenoxy) is 1. The van der Waals surface area contributed by atoms with Crippen LogP contribution >= 0.6 is 0 Å². The van der Waals surface area contributed by atoms with Crippen LogP contribution in [0.3, 0.4) is 0 Å². The third-order valence-electron chi connectivity index (χ3n) is 2.70. The van der Waals surface area contributed by atoms with E-state index in [1.54, 1.807) is 0 Å². The van der Waals surface area contributed by atoms with Gasteiger partial charge in [-0.1, -0.05) is 43.0 Å². The van der Waals surface area contributed by atoms with E-state index in [9.17, 15) is 8.78 Å². The molecule has 1 rings (SSSR count). The Balaban J connectivity index is 2.48. The highest BCUT2D eigenvalue weighted by atomic mass is 19.3. The monoisotopic (exact) mass is 252 g/mol. The minimum Gasteiger partial charge on any atom is -0.376 e. The lowest BCUT2D eigenvalue weighted by Gasteiger charge is -2.22. The molecule has 0 bridgehead atoms. The third-order valence-corrected chi connectivity index (χ3v) is 2.70. The SMILES string of the molecule is C=CCC(COCc1ccccc1)C(F)(F)C=C. The number of allylic oxidation sites excluding steroid dienone is 2. The highest BCUT2D eigenvalue weighted by Crippen LogP contribution is 2.29. The zero-order valence-electron chi connectivity index (χ0n) is 10.3. The van der Waals surface area contributed by atoms with E-state index < -0.39 is 11.8 Å². The first-order valence-electron chi connectivity index (χ1n) is 5.84. The summed E-state index contributed by atoms with van der Waals surface area (Å²) in [5, 5.41) is 0. The minimum atomic E-state index is -2.93. The number of rotatable bonds is 8. The summed E-state index contributed by atoms with van der Waals surface area (Å²) in [5.41, 5.74) is 0.969. The van der Waals surface area contributed by atoms with Crippen molar-refractivity contribution in [1.29, 1.82) is 0 Å². The first kappa shape index (κ1) is 14.6. The van der Waals surface area contributed by atoms with E-state index in [1.165, 1.54) is 6.08 Å². The van der Waals surface area contributed by atoms with Gasteiger partial charge in [-0.15, -0.1) is 6.58 Å². The van der Waals surface area contributed by atoms with Crippen LogP contribution in [0, 0.1) is 5.92 Å². The Morgan fingerprint density at radius 3 is 2.44 bits per heavy atom. The van der Waals surface area contributed by atoms with Crippen LogP contribution < -0.4 is 0 Å². The van der Waals surface area contributed by atoms with Gasteiger partial charge in [-0.2, -0.15) is 0 Å². The summed E-state index contributed by atoms with van der Waals surface area (Å²) in [4.78, 5) is 0. The van der Waals surface area contributed by atoms with Gasteiger partial charge in [-0.25, -0.2) is 8.78 Å². The standard InChI is InChI=1S/C15H18F2O/c1-3-8-14(15(16,17)4-2)12-18-11-13-9-6-5-7-10-13/h3-7,9-10,14H,1-2,8,11-12H2. The van der Waals surface area contributed by atoms with Gasteiger partial charge in [0.05, 0.1) is 19.1 Å². The van der Waals surface area contributed by atoms with Crippen LogP contribution in [0.1, 0.15) is 12.0 Å². The number of hydrogen-bond donors (Lipinski definition) is 0. The van der Waals surface area contributed by atoms with Gasteiger partial charge >= 0.3 is 0 Å². The topological polar surface area (TPSA) is 9.23 Å². The second-order valence-electron chi connectivity index (χ2n) is 4.10. The number of hydrogen-bond acceptors (Lipinski definition) is 1. The molecule has 0 aliphatic heterocycles. The van der Waals surface area contributed by atoms with Crippen molar-refractivity contribution in [1.82, 2.24) is 0 Å². The summed E-state index contributed by atoms with van der Waals surface area (Å²) < 4.78 is 32.3. The summed E-state index contributed by atoms with van der Waals surface area (Å²) >= 11 is 0. The molecule has 0 saturated heterocycles. The molecule has 0 amide bonds. The van der Waals surface area contributed by atoms with Gasteiger partial charge in [0.25, 0.3) is 5.92 Å². The molecule has 1 unspecified atom stereocenters. The number of halogens is 2. The second-order valence-corrected chi connectivity index (χ2v) is 4.10. The van der Waals surface area contributed by atoms with Crippen molar-refractivity contribution in [2.24, 2.45) is 5.92 Å². The normalized spacial score (nSPS) is 13.0. The van der Waals surface area contributed by atoms with E-state index in [-0.39, 0.29) is 13.0 Å². The second kappa shape index (κ2) is 7.07. The number of benzene rings is 1. The molecule has 18 heavy (non-hydrogen) atoms. The quantitative estimate of drug-likeness (QED) is 0.629. The van der Waals surface area contributed by atoms with E-state index in [0.717, 1.165) is 5.56 Å². The van der Waals surface area contributed by atoms with E-state index in [1.807, 2.05) is 30.3 Å². The van der Waals surface area contributed by atoms with Crippen LogP contribution in [-0.4, -0.2) is 12.5 Å². The molecule has 1 nitrogen and oxygen atoms in total. The van der Waals surface area contributed by atoms with E-state index in [4.69, 9.17) is 4.74 Å². The fourth-order valence-corrected chi connectivity index (χ4v) is 1.60. The van der Waals surface area contributed by atoms with Gasteiger partial charge in [0.2, 0.25) is 0 Å². The molecule has 0 aliphatic carbocycles. The summed E-state index contributed by atoms with van der Waals surface area (Å²) in [6.45, 7) is 6.97. The van der Waals surface area contributed by atoms with Crippen LogP contribution in [0.15, 0.2) is 55.6 Å². The highest BCUT2D eigenvalue weighted by molar-refractivity contribution is 5.13. The fraction of sp³-hybridized carbons (Fsp3) is 0.333. The Bertz CT molecular complexity index is 373. The van der Waals surface area contributed by atoms with Crippen LogP contribution in [0.2, 0.25) is 0 Å². The Labute approximate surface area is 107 Å². The predicted octanol–water partition coefficient (Wildman–Crippen LogP) is 4.22. The lowest BCUT2D eigenvalue weighted by Crippen LogP contribution is -2.29. The fourth-order valence-electron chi connectivity index (χ4n) is 1.60. The molecule has 3 heteroatoms. The lowest BCUT2D eigenvalue weighted by molar-refractivity contribution is -0.0509. The minimum absolute atomic E-state index is 0.0140. The van der Waals surface area contributed by atoms with Crippen LogP contribution in [0.4, 0.5) is 8.78 Å². The van der Waals surface area contributed by atoms with Crippen molar-refractivity contribution in [2.75, 3.05) is 6.61 Å². The summed E-state index contributed by atoms with van der Waals surface area (Å²) in [5.74, 6) is -3.83. The van der Waals surface area contributed by atoms with Crippen molar-refractivity contribution >= 4 is 0 Å². The van der Waals surface area contributed by atoms with Gasteiger partial charge in [-0.05, 0) is 18.1 Å². The molecule has 1 aromatic carbocycles. The summed E-state index contributed by atoms with van der Waals surface area (Å²) in [7, 11) is 0. The molecule has 0 heterocycles. The van der Waals surface area contributed by atoms with Crippen molar-refractivity contribution in [2.45, 2.75) is 19.0 Å². The molecule has 1 aromatic rings. The predicted molar refractivity (Wildman–Crippen MR) is 69.5 cm³/mol. The average Bonchev–Trinajstić information content (AvgIpc) is 2.39. The Kier molecular flexibility index (Phi) is 5.72. The van der Waals surface area contributed by atoms with E-state index in [0.29, 0.717) is 12.7 Å². The Hall–Kier alpha value is -1.48. The molecule has 0 aromatic heterocycles. The van der Waals surface area contributed by atoms with Crippen LogP contribution in [0.25, 0.3) is 0 Å². The number of alkyl halides is 2. The summed E-state index contributed by atoms with van der Waals surface area (Å²) in [6, 6.07) is 9.47. The maximum Gasteiger partial charge on any atom is 0.271 e. The van der Waals surface area contributed by atoms with Gasteiger partial charge in [0.15, 0.2) is 0 Å². The van der Waals surface area contributed by atoms with Crippen molar-refractivity contribution in [3.05, 3.63) is 61.2 Å². The van der Waals surface area contributed by atoms with Gasteiger partial charge in [-0.3, -0.25) is 0 Å². The van der Waals surface area contributed by atoms with Crippen molar-refractivity contribution < 1.29 is 13.5 Å². The zero-order valence-corrected chi connectivity index (χ0v) is 10.3. The first-order valence-corrected chi connectivity index (χ1v) is 5.84. The highest BCUT2D eigenvalue weighted by Gasteiger charge is 2.35. The molecule has 0 radical (unpaired) electrons. The van der Waals surface area contributed by atoms with Gasteiger partial charge in [0, 0.05) is 0 Å². The van der Waals surface area contributed by atoms with Crippen molar-refractivity contribution in [3.63, 3.8) is 0 Å². The van der Waals surface area contributed by atoms with Crippen LogP contribution in [0.5, 0.6) is 0 Å². The van der Waals surface area contributed by atoms with Crippen molar-refractivity contribution in [3.8, 4) is 0 Å². The Morgan fingerprint density at radius 2 is 1.89 bits per heavy atom. The first-order chi connectivity index (χ1) is 8.60. The molecule has 1 atom stereocenters. The molecule has 0 spiro atoms. The molecule has 0 fully saturated rings. The van der Waals surface area contributed by atoms with E-state index in [2.05, 4.69) is 13.2 Å². The zero-order chi connectivity index (χ0) is 13.4. The molecule has 0 aliphatic rings. The molecule has 0 saturated carbocycles. The van der Waals surface area contributed by atoms with Gasteiger partial charge in [0.1, 0.15) is 0 Å². The maximum absolute atomic E-state index is 13.5. The van der Waals surface area contributed by atoms with Gasteiger partial charge < -0.3 is 4.74 Å². The molecule has 98 valence electrons. The lowest BCUT2D eigenvalue weighted by atomic mass is 9.98. The molecular weight excluding hydrogens is 234 g/mol. The Morgan fingerprint density at radius 1 is 1.22 bits per heavy atom. The smallest absolute Gasteiger partial charge is 0.271 e. The largest absolute Gasteiger partial charge is 0.376 e. The average molecular weight is 252 g/mol. The van der Waals surface area contributed by atoms with Crippen LogP contribution in [-0.2, 0) is 11.3 Å². The maximum atomic E-state index is 13.5. The summed E-state index contributed by atoms with van der Waals surface area (Å²) in [6.07, 6.45) is 2.36. The third kappa shape index (κ3) is 4.41. The molecular formula is C15H18F2O. The van der Waals surface area contributed by atoms with E-state index >= 15 is 0 Å².